The SMILES string of the molecule is O=S(=O)(Nc1cc(-c2cccs2)c(Cl)cc1NS(=O)(=O)c1cccs1)c1cccc(C(F)(F)F)c1. The van der Waals surface area contributed by atoms with Gasteiger partial charge in [0.25, 0.3) is 20.0 Å². The van der Waals surface area contributed by atoms with Crippen molar-refractivity contribution in [3.8, 4) is 10.4 Å². The van der Waals surface area contributed by atoms with Crippen molar-refractivity contribution in [1.29, 1.82) is 0 Å². The number of hydrogen-bond donors (Lipinski definition) is 2. The monoisotopic (exact) mass is 578 g/mol. The van der Waals surface area contributed by atoms with Crippen LogP contribution in [0.2, 0.25) is 5.02 Å². The zero-order valence-corrected chi connectivity index (χ0v) is 21.2. The molecule has 0 bridgehead atoms. The van der Waals surface area contributed by atoms with Crippen LogP contribution in [0.5, 0.6) is 0 Å². The van der Waals surface area contributed by atoms with Gasteiger partial charge in [0.05, 0.1) is 26.9 Å². The molecule has 2 heterocycles. The topological polar surface area (TPSA) is 92.3 Å². The second-order valence-corrected chi connectivity index (χ2v) is 12.9. The molecular weight excluding hydrogens is 565 g/mol. The fourth-order valence-electron chi connectivity index (χ4n) is 3.02. The number of halogens is 4. The molecule has 0 unspecified atom stereocenters. The quantitative estimate of drug-likeness (QED) is 0.254. The van der Waals surface area contributed by atoms with Crippen LogP contribution in [-0.2, 0) is 26.2 Å². The molecule has 0 saturated carbocycles. The minimum atomic E-state index is -4.75. The Morgan fingerprint density at radius 2 is 1.43 bits per heavy atom. The lowest BCUT2D eigenvalue weighted by atomic mass is 10.1. The lowest BCUT2D eigenvalue weighted by Crippen LogP contribution is -2.18. The van der Waals surface area contributed by atoms with Crippen LogP contribution < -0.4 is 9.44 Å². The van der Waals surface area contributed by atoms with Crippen molar-refractivity contribution in [2.45, 2.75) is 15.3 Å². The summed E-state index contributed by atoms with van der Waals surface area (Å²) in [5.74, 6) is 0. The number of alkyl halides is 3. The highest BCUT2D eigenvalue weighted by atomic mass is 35.5. The summed E-state index contributed by atoms with van der Waals surface area (Å²) in [6.45, 7) is 0. The summed E-state index contributed by atoms with van der Waals surface area (Å²) in [7, 11) is -8.64. The molecule has 2 aromatic carbocycles. The van der Waals surface area contributed by atoms with Crippen LogP contribution in [0.25, 0.3) is 10.4 Å². The van der Waals surface area contributed by atoms with Crippen LogP contribution in [0.4, 0.5) is 24.5 Å². The van der Waals surface area contributed by atoms with Crippen LogP contribution in [0.1, 0.15) is 5.56 Å². The molecule has 0 atom stereocenters. The highest BCUT2D eigenvalue weighted by molar-refractivity contribution is 7.94. The minimum Gasteiger partial charge on any atom is -0.277 e. The minimum absolute atomic E-state index is 0.0253. The van der Waals surface area contributed by atoms with Crippen molar-refractivity contribution in [1.82, 2.24) is 0 Å². The molecule has 4 aromatic rings. The molecule has 14 heteroatoms. The van der Waals surface area contributed by atoms with Crippen molar-refractivity contribution in [3.63, 3.8) is 0 Å². The van der Waals surface area contributed by atoms with E-state index in [0.717, 1.165) is 29.5 Å². The maximum Gasteiger partial charge on any atom is 0.416 e. The van der Waals surface area contributed by atoms with E-state index in [-0.39, 0.29) is 20.6 Å². The molecule has 4 rings (SSSR count). The van der Waals surface area contributed by atoms with Gasteiger partial charge in [0.1, 0.15) is 4.21 Å². The zero-order chi connectivity index (χ0) is 25.4. The number of nitrogens with one attached hydrogen (secondary N) is 2. The van der Waals surface area contributed by atoms with Crippen molar-refractivity contribution >= 4 is 65.7 Å². The van der Waals surface area contributed by atoms with E-state index in [1.165, 1.54) is 35.6 Å². The lowest BCUT2D eigenvalue weighted by molar-refractivity contribution is -0.137. The number of anilines is 2. The van der Waals surface area contributed by atoms with E-state index in [2.05, 4.69) is 9.44 Å². The summed E-state index contributed by atoms with van der Waals surface area (Å²) in [6.07, 6.45) is -4.75. The van der Waals surface area contributed by atoms with Gasteiger partial charge in [-0.1, -0.05) is 29.8 Å². The average Bonchev–Trinajstić information content (AvgIpc) is 3.49. The highest BCUT2D eigenvalue weighted by Crippen LogP contribution is 2.40. The number of rotatable bonds is 7. The number of sulfonamides is 2. The molecule has 0 saturated heterocycles. The largest absolute Gasteiger partial charge is 0.416 e. The van der Waals surface area contributed by atoms with Crippen LogP contribution in [0.15, 0.2) is 80.5 Å². The first-order valence-corrected chi connectivity index (χ1v) is 14.6. The predicted molar refractivity (Wildman–Crippen MR) is 132 cm³/mol. The van der Waals surface area contributed by atoms with Gasteiger partial charge in [-0.05, 0) is 53.2 Å². The van der Waals surface area contributed by atoms with Gasteiger partial charge in [0.15, 0.2) is 0 Å². The molecule has 0 spiro atoms. The van der Waals surface area contributed by atoms with Gasteiger partial charge in [-0.15, -0.1) is 22.7 Å². The number of benzene rings is 2. The van der Waals surface area contributed by atoms with Gasteiger partial charge < -0.3 is 0 Å². The van der Waals surface area contributed by atoms with E-state index in [0.29, 0.717) is 16.5 Å². The lowest BCUT2D eigenvalue weighted by Gasteiger charge is -2.17. The molecule has 0 aliphatic heterocycles. The van der Waals surface area contributed by atoms with E-state index in [1.807, 2.05) is 0 Å². The maximum atomic E-state index is 13.1. The highest BCUT2D eigenvalue weighted by Gasteiger charge is 2.32. The Hall–Kier alpha value is -2.58. The molecule has 0 aliphatic carbocycles. The van der Waals surface area contributed by atoms with Crippen LogP contribution in [0.3, 0.4) is 0 Å². The Labute approximate surface area is 212 Å². The summed E-state index contributed by atoms with van der Waals surface area (Å²) in [5, 5.41) is 3.46. The van der Waals surface area contributed by atoms with Crippen molar-refractivity contribution in [3.05, 3.63) is 82.0 Å². The van der Waals surface area contributed by atoms with Gasteiger partial charge in [-0.3, -0.25) is 9.44 Å². The summed E-state index contributed by atoms with van der Waals surface area (Å²) < 4.78 is 95.5. The summed E-state index contributed by atoms with van der Waals surface area (Å²) >= 11 is 8.64. The van der Waals surface area contributed by atoms with Crippen molar-refractivity contribution in [2.75, 3.05) is 9.44 Å². The third-order valence-corrected chi connectivity index (χ3v) is 9.96. The molecular formula is C21H14ClF3N2O4S4. The molecule has 0 aliphatic rings. The third kappa shape index (κ3) is 5.64. The van der Waals surface area contributed by atoms with Gasteiger partial charge in [0, 0.05) is 10.4 Å². The fraction of sp³-hybridized carbons (Fsp3) is 0.0476. The summed E-state index contributed by atoms with van der Waals surface area (Å²) in [6, 6.07) is 12.1. The second-order valence-electron chi connectivity index (χ2n) is 7.02. The smallest absolute Gasteiger partial charge is 0.277 e. The van der Waals surface area contributed by atoms with E-state index >= 15 is 0 Å². The van der Waals surface area contributed by atoms with E-state index in [9.17, 15) is 30.0 Å². The molecule has 0 amide bonds. The van der Waals surface area contributed by atoms with Gasteiger partial charge >= 0.3 is 6.18 Å². The first-order valence-electron chi connectivity index (χ1n) is 9.51. The summed E-state index contributed by atoms with van der Waals surface area (Å²) in [4.78, 5) is 0.0224. The average molecular weight is 579 g/mol. The van der Waals surface area contributed by atoms with Crippen LogP contribution >= 0.6 is 34.3 Å². The van der Waals surface area contributed by atoms with Crippen LogP contribution in [-0.4, -0.2) is 16.8 Å². The Kier molecular flexibility index (Phi) is 6.90. The first-order chi connectivity index (χ1) is 16.4. The van der Waals surface area contributed by atoms with Gasteiger partial charge in [-0.2, -0.15) is 13.2 Å². The van der Waals surface area contributed by atoms with Crippen molar-refractivity contribution in [2.24, 2.45) is 0 Å². The van der Waals surface area contributed by atoms with Crippen LogP contribution in [0, 0.1) is 0 Å². The Morgan fingerprint density at radius 3 is 2.06 bits per heavy atom. The van der Waals surface area contributed by atoms with Gasteiger partial charge in [-0.25, -0.2) is 16.8 Å². The first kappa shape index (κ1) is 25.5. The van der Waals surface area contributed by atoms with Gasteiger partial charge in [0.2, 0.25) is 0 Å². The van der Waals surface area contributed by atoms with Crippen molar-refractivity contribution < 1.29 is 30.0 Å². The zero-order valence-electron chi connectivity index (χ0n) is 17.2. The van der Waals surface area contributed by atoms with E-state index in [4.69, 9.17) is 11.6 Å². The molecule has 0 radical (unpaired) electrons. The molecule has 2 N–H and O–H groups in total. The fourth-order valence-corrected chi connectivity index (χ4v) is 7.28. The molecule has 184 valence electrons. The maximum absolute atomic E-state index is 13.1. The molecule has 2 aromatic heterocycles. The standard InChI is InChI=1S/C21H14ClF3N2O4S4/c22-16-12-18(27-35(30,31)20-7-3-9-33-20)17(11-15(16)19-6-2-8-32-19)26-34(28,29)14-5-1-4-13(10-14)21(23,24)25/h1-12,26-27H. The molecule has 0 fully saturated rings. The summed E-state index contributed by atoms with van der Waals surface area (Å²) in [5.41, 5.74) is -1.15. The molecule has 6 nitrogen and oxygen atoms in total. The van der Waals surface area contributed by atoms with E-state index < -0.39 is 36.7 Å². The second kappa shape index (κ2) is 9.47. The Morgan fingerprint density at radius 1 is 0.771 bits per heavy atom. The number of hydrogen-bond acceptors (Lipinski definition) is 6. The predicted octanol–water partition coefficient (Wildman–Crippen LogP) is 6.75. The Balaban J connectivity index is 1.81. The third-order valence-electron chi connectivity index (χ3n) is 4.61. The molecule has 35 heavy (non-hydrogen) atoms. The normalized spacial score (nSPS) is 12.5. The Bertz CT molecular complexity index is 1570. The number of thiophene rings is 2. The van der Waals surface area contributed by atoms with E-state index in [1.54, 1.807) is 22.9 Å².